The van der Waals surface area contributed by atoms with E-state index in [2.05, 4.69) is 33.8 Å². The Labute approximate surface area is 242 Å². The molecule has 2 aromatic rings. The van der Waals surface area contributed by atoms with E-state index < -0.39 is 22.2 Å². The highest BCUT2D eigenvalue weighted by molar-refractivity contribution is 6.24. The zero-order valence-electron chi connectivity index (χ0n) is 25.7. The van der Waals surface area contributed by atoms with E-state index in [0.717, 1.165) is 44.5 Å². The van der Waals surface area contributed by atoms with E-state index in [9.17, 15) is 24.3 Å². The van der Waals surface area contributed by atoms with Gasteiger partial charge in [-0.1, -0.05) is 57.0 Å². The quantitative estimate of drug-likeness (QED) is 0.390. The van der Waals surface area contributed by atoms with Gasteiger partial charge in [0.05, 0.1) is 16.6 Å². The molecule has 214 valence electrons. The molecule has 5 heteroatoms. The van der Waals surface area contributed by atoms with E-state index >= 15 is 0 Å². The van der Waals surface area contributed by atoms with Crippen molar-refractivity contribution in [1.29, 1.82) is 0 Å². The van der Waals surface area contributed by atoms with Crippen LogP contribution in [-0.4, -0.2) is 28.4 Å². The molecule has 0 saturated carbocycles. The molecule has 0 radical (unpaired) electrons. The number of carbonyl (C=O) groups is 4. The smallest absolute Gasteiger partial charge is 0.335 e. The van der Waals surface area contributed by atoms with Gasteiger partial charge in [-0.15, -0.1) is 0 Å². The topological polar surface area (TPSA) is 88.5 Å². The van der Waals surface area contributed by atoms with Crippen molar-refractivity contribution >= 4 is 23.3 Å². The minimum Gasteiger partial charge on any atom is -0.478 e. The van der Waals surface area contributed by atoms with E-state index in [-0.39, 0.29) is 28.8 Å². The number of carboxylic acid groups (broad SMARTS) is 1. The van der Waals surface area contributed by atoms with Gasteiger partial charge in [0.15, 0.2) is 17.3 Å². The van der Waals surface area contributed by atoms with Gasteiger partial charge in [0, 0.05) is 16.6 Å². The molecule has 3 aliphatic carbocycles. The number of benzene rings is 2. The SMILES string of the molecule is CC(=O)C1=C(C)CC2(C)CC3(C)Cc4c(C(C)C)cc(-c5ccc(C(=O)O)cc5)c(C)c4C(=O)C3=C(C)C2(C)C1=O. The Hall–Kier alpha value is -3.60. The summed E-state index contributed by atoms with van der Waals surface area (Å²) in [4.78, 5) is 53.0. The second-order valence-corrected chi connectivity index (χ2v) is 13.7. The van der Waals surface area contributed by atoms with Gasteiger partial charge in [0.1, 0.15) is 0 Å². The molecule has 0 spiro atoms. The first-order chi connectivity index (χ1) is 19.0. The Morgan fingerprint density at radius 1 is 0.951 bits per heavy atom. The van der Waals surface area contributed by atoms with E-state index in [4.69, 9.17) is 0 Å². The van der Waals surface area contributed by atoms with Crippen LogP contribution in [0.3, 0.4) is 0 Å². The molecule has 3 aliphatic rings. The molecule has 3 unspecified atom stereocenters. The maximum atomic E-state index is 14.8. The molecule has 5 rings (SSSR count). The van der Waals surface area contributed by atoms with Crippen LogP contribution in [0.15, 0.2) is 52.6 Å². The van der Waals surface area contributed by atoms with Crippen LogP contribution in [0.2, 0.25) is 0 Å². The Bertz CT molecular complexity index is 1630. The van der Waals surface area contributed by atoms with Crippen LogP contribution in [0.1, 0.15) is 112 Å². The third-order valence-electron chi connectivity index (χ3n) is 10.6. The predicted molar refractivity (Wildman–Crippen MR) is 160 cm³/mol. The number of carbonyl (C=O) groups excluding carboxylic acids is 3. The summed E-state index contributed by atoms with van der Waals surface area (Å²) >= 11 is 0. The van der Waals surface area contributed by atoms with E-state index in [1.54, 1.807) is 24.3 Å². The van der Waals surface area contributed by atoms with Crippen molar-refractivity contribution < 1.29 is 24.3 Å². The van der Waals surface area contributed by atoms with Crippen LogP contribution in [0.4, 0.5) is 0 Å². The standard InChI is InChI=1S/C36H40O5/c1-18(2)25-14-26(23-10-12-24(13-11-23)33(40)41)20(4)29-27(25)16-34(7)17-35(8)15-19(3)28(22(6)37)32(39)36(35,9)21(5)30(34)31(29)38/h10-14,18H,15-17H2,1-9H3,(H,40,41). The first-order valence-electron chi connectivity index (χ1n) is 14.5. The molecule has 3 atom stereocenters. The summed E-state index contributed by atoms with van der Waals surface area (Å²) in [5.41, 5.74) is 6.61. The van der Waals surface area contributed by atoms with E-state index in [0.29, 0.717) is 30.4 Å². The molecule has 0 aliphatic heterocycles. The Balaban J connectivity index is 1.77. The lowest BCUT2D eigenvalue weighted by atomic mass is 9.42. The van der Waals surface area contributed by atoms with Gasteiger partial charge in [-0.3, -0.25) is 14.4 Å². The maximum Gasteiger partial charge on any atom is 0.335 e. The van der Waals surface area contributed by atoms with Crippen molar-refractivity contribution in [3.63, 3.8) is 0 Å². The summed E-state index contributed by atoms with van der Waals surface area (Å²) in [6.45, 7) is 17.9. The van der Waals surface area contributed by atoms with Gasteiger partial charge >= 0.3 is 5.97 Å². The number of hydrogen-bond acceptors (Lipinski definition) is 4. The van der Waals surface area contributed by atoms with Gasteiger partial charge < -0.3 is 5.11 Å². The van der Waals surface area contributed by atoms with Crippen LogP contribution >= 0.6 is 0 Å². The highest BCUT2D eigenvalue weighted by Crippen LogP contribution is 2.66. The fraction of sp³-hybridized carbons (Fsp3) is 0.444. The number of fused-ring (bicyclic) bond motifs is 3. The van der Waals surface area contributed by atoms with Crippen LogP contribution in [0.25, 0.3) is 11.1 Å². The zero-order valence-corrected chi connectivity index (χ0v) is 25.7. The van der Waals surface area contributed by atoms with Crippen molar-refractivity contribution in [2.24, 2.45) is 16.2 Å². The van der Waals surface area contributed by atoms with E-state index in [1.807, 2.05) is 27.7 Å². The van der Waals surface area contributed by atoms with Crippen LogP contribution in [0, 0.1) is 23.2 Å². The number of ketones is 3. The molecular weight excluding hydrogens is 512 g/mol. The second-order valence-electron chi connectivity index (χ2n) is 13.7. The van der Waals surface area contributed by atoms with Crippen LogP contribution < -0.4 is 0 Å². The first-order valence-corrected chi connectivity index (χ1v) is 14.5. The van der Waals surface area contributed by atoms with Gasteiger partial charge in [-0.25, -0.2) is 4.79 Å². The molecule has 0 bridgehead atoms. The lowest BCUT2D eigenvalue weighted by Gasteiger charge is -2.59. The lowest BCUT2D eigenvalue weighted by Crippen LogP contribution is -2.57. The number of allylic oxidation sites excluding steroid dienone is 4. The van der Waals surface area contributed by atoms with Gasteiger partial charge in [-0.05, 0) is 105 Å². The van der Waals surface area contributed by atoms with Gasteiger partial charge in [0.2, 0.25) is 0 Å². The van der Waals surface area contributed by atoms with Crippen LogP contribution in [0.5, 0.6) is 0 Å². The third kappa shape index (κ3) is 3.88. The number of aromatic carboxylic acids is 1. The minimum absolute atomic E-state index is 0.0265. The molecule has 0 saturated heterocycles. The lowest BCUT2D eigenvalue weighted by molar-refractivity contribution is -0.134. The average molecular weight is 553 g/mol. The summed E-state index contributed by atoms with van der Waals surface area (Å²) in [6.07, 6.45) is 2.03. The fourth-order valence-electron chi connectivity index (χ4n) is 8.61. The minimum atomic E-state index is -0.980. The predicted octanol–water partition coefficient (Wildman–Crippen LogP) is 7.84. The van der Waals surface area contributed by atoms with Crippen LogP contribution in [-0.2, 0) is 16.0 Å². The molecular formula is C36H40O5. The number of carboxylic acids is 1. The summed E-state index contributed by atoms with van der Waals surface area (Å²) in [5.74, 6) is -1.20. The highest BCUT2D eigenvalue weighted by Gasteiger charge is 2.63. The van der Waals surface area contributed by atoms with Crippen molar-refractivity contribution in [3.05, 3.63) is 80.4 Å². The van der Waals surface area contributed by atoms with E-state index in [1.165, 1.54) is 6.92 Å². The monoisotopic (exact) mass is 552 g/mol. The molecule has 0 fully saturated rings. The van der Waals surface area contributed by atoms with Crippen molar-refractivity contribution in [2.75, 3.05) is 0 Å². The molecule has 1 N–H and O–H groups in total. The summed E-state index contributed by atoms with van der Waals surface area (Å²) in [7, 11) is 0. The number of Topliss-reactive ketones (excluding diaryl/α,β-unsaturated/α-hetero) is 3. The number of rotatable bonds is 4. The van der Waals surface area contributed by atoms with Crippen molar-refractivity contribution in [1.82, 2.24) is 0 Å². The molecule has 41 heavy (non-hydrogen) atoms. The first kappa shape index (κ1) is 28.9. The molecule has 0 aromatic heterocycles. The summed E-state index contributed by atoms with van der Waals surface area (Å²) in [5, 5.41) is 9.38. The normalized spacial score (nSPS) is 27.6. The van der Waals surface area contributed by atoms with Gasteiger partial charge in [-0.2, -0.15) is 0 Å². The summed E-state index contributed by atoms with van der Waals surface area (Å²) in [6, 6.07) is 8.97. The van der Waals surface area contributed by atoms with Gasteiger partial charge in [0.25, 0.3) is 0 Å². The number of hydrogen-bond donors (Lipinski definition) is 1. The highest BCUT2D eigenvalue weighted by atomic mass is 16.4. The second kappa shape index (κ2) is 9.20. The molecule has 5 nitrogen and oxygen atoms in total. The molecule has 2 aromatic carbocycles. The van der Waals surface area contributed by atoms with Crippen molar-refractivity contribution in [2.45, 2.75) is 87.5 Å². The Morgan fingerprint density at radius 3 is 2.10 bits per heavy atom. The van der Waals surface area contributed by atoms with Crippen molar-refractivity contribution in [3.8, 4) is 11.1 Å². The average Bonchev–Trinajstić information content (AvgIpc) is 2.85. The maximum absolute atomic E-state index is 14.8. The fourth-order valence-corrected chi connectivity index (χ4v) is 8.61. The summed E-state index contributed by atoms with van der Waals surface area (Å²) < 4.78 is 0. The Morgan fingerprint density at radius 2 is 1.56 bits per heavy atom. The largest absolute Gasteiger partial charge is 0.478 e. The molecule has 0 heterocycles. The zero-order chi connectivity index (χ0) is 30.4. The third-order valence-corrected chi connectivity index (χ3v) is 10.6. The molecule has 0 amide bonds. The Kier molecular flexibility index (Phi) is 6.49.